The monoisotopic (exact) mass is 321 g/mol. The molecule has 0 aromatic rings. The Bertz CT molecular complexity index is 461. The summed E-state index contributed by atoms with van der Waals surface area (Å²) < 4.78 is 12.0. The zero-order valence-electron chi connectivity index (χ0n) is 14.5. The van der Waals surface area contributed by atoms with Crippen molar-refractivity contribution in [3.8, 4) is 0 Å². The molecule has 0 aromatic heterocycles. The van der Waals surface area contributed by atoms with Crippen LogP contribution in [-0.4, -0.2) is 50.0 Å². The first-order valence-corrected chi connectivity index (χ1v) is 9.52. The number of nitrogens with zero attached hydrogens (tertiary/aromatic N) is 1. The topological polar surface area (TPSA) is 54.9 Å². The molecule has 5 atom stereocenters. The van der Waals surface area contributed by atoms with Gasteiger partial charge in [0.05, 0.1) is 24.4 Å². The molecule has 5 nitrogen and oxygen atoms in total. The molecule has 2 heterocycles. The number of hydrogen-bond donors (Lipinski definition) is 2. The lowest BCUT2D eigenvalue weighted by molar-refractivity contribution is -0.125. The van der Waals surface area contributed by atoms with Gasteiger partial charge in [0.1, 0.15) is 0 Å². The zero-order valence-corrected chi connectivity index (χ0v) is 14.5. The van der Waals surface area contributed by atoms with Crippen LogP contribution in [0.3, 0.4) is 0 Å². The van der Waals surface area contributed by atoms with E-state index in [0.29, 0.717) is 35.8 Å². The average molecular weight is 321 g/mol. The Labute approximate surface area is 139 Å². The molecule has 4 rings (SSSR count). The first kappa shape index (κ1) is 15.7. The van der Waals surface area contributed by atoms with E-state index >= 15 is 0 Å². The molecule has 23 heavy (non-hydrogen) atoms. The first-order chi connectivity index (χ1) is 11.2. The molecule has 4 fully saturated rings. The van der Waals surface area contributed by atoms with Crippen LogP contribution in [0.15, 0.2) is 4.99 Å². The predicted molar refractivity (Wildman–Crippen MR) is 90.7 cm³/mol. The van der Waals surface area contributed by atoms with Gasteiger partial charge in [-0.2, -0.15) is 0 Å². The summed E-state index contributed by atoms with van der Waals surface area (Å²) >= 11 is 0. The van der Waals surface area contributed by atoms with Crippen molar-refractivity contribution in [2.24, 2.45) is 10.4 Å². The second-order valence-electron chi connectivity index (χ2n) is 7.75. The molecule has 2 saturated heterocycles. The van der Waals surface area contributed by atoms with Crippen LogP contribution in [0.1, 0.15) is 58.3 Å². The number of hydrogen-bond acceptors (Lipinski definition) is 3. The lowest BCUT2D eigenvalue weighted by Gasteiger charge is -2.54. The molecule has 2 bridgehead atoms. The standard InChI is InChI=1S/C18H31N3O2/c1-3-22-16-11-15(18(16)8-4-5-9-18)21-17(19-2)20-13-10-12-6-7-14(13)23-12/h12-16H,3-11H2,1-2H3,(H2,19,20,21). The predicted octanol–water partition coefficient (Wildman–Crippen LogP) is 2.21. The molecule has 2 N–H and O–H groups in total. The fraction of sp³-hybridized carbons (Fsp3) is 0.944. The van der Waals surface area contributed by atoms with E-state index in [9.17, 15) is 0 Å². The van der Waals surface area contributed by atoms with E-state index in [1.165, 1.54) is 38.5 Å². The normalized spacial score (nSPS) is 41.3. The highest BCUT2D eigenvalue weighted by Crippen LogP contribution is 2.54. The lowest BCUT2D eigenvalue weighted by Crippen LogP contribution is -2.65. The SMILES string of the molecule is CCOC1CC(NC(=NC)NC2CC3CCC2O3)C12CCCC2. The second kappa shape index (κ2) is 6.25. The summed E-state index contributed by atoms with van der Waals surface area (Å²) in [5, 5.41) is 7.34. The maximum absolute atomic E-state index is 6.01. The summed E-state index contributed by atoms with van der Waals surface area (Å²) in [6.07, 6.45) is 11.2. The number of nitrogens with one attached hydrogen (secondary N) is 2. The first-order valence-electron chi connectivity index (χ1n) is 9.52. The van der Waals surface area contributed by atoms with Crippen molar-refractivity contribution in [1.29, 1.82) is 0 Å². The number of ether oxygens (including phenoxy) is 2. The van der Waals surface area contributed by atoms with Gasteiger partial charge in [-0.15, -0.1) is 0 Å². The van der Waals surface area contributed by atoms with Gasteiger partial charge in [0.2, 0.25) is 0 Å². The number of rotatable bonds is 4. The third kappa shape index (κ3) is 2.66. The fourth-order valence-electron chi connectivity index (χ4n) is 5.39. The van der Waals surface area contributed by atoms with Gasteiger partial charge in [0.15, 0.2) is 5.96 Å². The van der Waals surface area contributed by atoms with Crippen molar-refractivity contribution in [2.75, 3.05) is 13.7 Å². The summed E-state index contributed by atoms with van der Waals surface area (Å²) in [4.78, 5) is 4.48. The molecule has 1 spiro atoms. The summed E-state index contributed by atoms with van der Waals surface area (Å²) in [6, 6.07) is 0.939. The van der Waals surface area contributed by atoms with Crippen LogP contribution in [0.5, 0.6) is 0 Å². The Kier molecular flexibility index (Phi) is 4.26. The van der Waals surface area contributed by atoms with Crippen LogP contribution < -0.4 is 10.6 Å². The van der Waals surface area contributed by atoms with E-state index in [-0.39, 0.29) is 0 Å². The molecule has 2 aliphatic heterocycles. The third-order valence-electron chi connectivity index (χ3n) is 6.65. The summed E-state index contributed by atoms with van der Waals surface area (Å²) in [6.45, 7) is 2.94. The van der Waals surface area contributed by atoms with Crippen molar-refractivity contribution in [3.05, 3.63) is 0 Å². The van der Waals surface area contributed by atoms with E-state index in [1.807, 2.05) is 7.05 Å². The smallest absolute Gasteiger partial charge is 0.191 e. The number of guanidine groups is 1. The zero-order chi connectivity index (χ0) is 15.9. The Balaban J connectivity index is 1.36. The highest BCUT2D eigenvalue weighted by molar-refractivity contribution is 5.80. The van der Waals surface area contributed by atoms with Gasteiger partial charge in [0, 0.05) is 25.1 Å². The van der Waals surface area contributed by atoms with Gasteiger partial charge in [-0.25, -0.2) is 0 Å². The fourth-order valence-corrected chi connectivity index (χ4v) is 5.39. The highest BCUT2D eigenvalue weighted by atomic mass is 16.5. The van der Waals surface area contributed by atoms with Crippen LogP contribution in [0.25, 0.3) is 0 Å². The van der Waals surface area contributed by atoms with Gasteiger partial charge >= 0.3 is 0 Å². The summed E-state index contributed by atoms with van der Waals surface area (Å²) in [7, 11) is 1.88. The van der Waals surface area contributed by atoms with Crippen molar-refractivity contribution >= 4 is 5.96 Å². The van der Waals surface area contributed by atoms with Gasteiger partial charge in [-0.05, 0) is 45.4 Å². The van der Waals surface area contributed by atoms with E-state index < -0.39 is 0 Å². The van der Waals surface area contributed by atoms with Gasteiger partial charge < -0.3 is 20.1 Å². The van der Waals surface area contributed by atoms with Crippen LogP contribution in [0.2, 0.25) is 0 Å². The number of fused-ring (bicyclic) bond motifs is 2. The van der Waals surface area contributed by atoms with E-state index in [4.69, 9.17) is 9.47 Å². The molecule has 2 aliphatic carbocycles. The van der Waals surface area contributed by atoms with Crippen molar-refractivity contribution < 1.29 is 9.47 Å². The molecule has 5 unspecified atom stereocenters. The molecule has 4 aliphatic rings. The Morgan fingerprint density at radius 1 is 1.22 bits per heavy atom. The molecular weight excluding hydrogens is 290 g/mol. The molecule has 2 saturated carbocycles. The Hall–Kier alpha value is -0.810. The van der Waals surface area contributed by atoms with Crippen LogP contribution in [0, 0.1) is 5.41 Å². The van der Waals surface area contributed by atoms with Crippen molar-refractivity contribution in [3.63, 3.8) is 0 Å². The highest BCUT2D eigenvalue weighted by Gasteiger charge is 2.57. The molecule has 130 valence electrons. The molecular formula is C18H31N3O2. The molecule has 0 radical (unpaired) electrons. The van der Waals surface area contributed by atoms with Gasteiger partial charge in [-0.1, -0.05) is 12.8 Å². The van der Waals surface area contributed by atoms with E-state index in [2.05, 4.69) is 22.5 Å². The Morgan fingerprint density at radius 2 is 2.04 bits per heavy atom. The largest absolute Gasteiger partial charge is 0.378 e. The minimum atomic E-state index is 0.346. The summed E-state index contributed by atoms with van der Waals surface area (Å²) in [5.41, 5.74) is 0.346. The van der Waals surface area contributed by atoms with Crippen LogP contribution in [-0.2, 0) is 9.47 Å². The second-order valence-corrected chi connectivity index (χ2v) is 7.75. The summed E-state index contributed by atoms with van der Waals surface area (Å²) in [5.74, 6) is 0.956. The third-order valence-corrected chi connectivity index (χ3v) is 6.65. The van der Waals surface area contributed by atoms with Gasteiger partial charge in [-0.3, -0.25) is 4.99 Å². The maximum atomic E-state index is 6.01. The van der Waals surface area contributed by atoms with E-state index in [1.54, 1.807) is 0 Å². The van der Waals surface area contributed by atoms with Crippen LogP contribution >= 0.6 is 0 Å². The molecule has 0 amide bonds. The maximum Gasteiger partial charge on any atom is 0.191 e. The van der Waals surface area contributed by atoms with Crippen molar-refractivity contribution in [1.82, 2.24) is 10.6 Å². The molecule has 5 heteroatoms. The Morgan fingerprint density at radius 3 is 2.65 bits per heavy atom. The van der Waals surface area contributed by atoms with E-state index in [0.717, 1.165) is 25.4 Å². The average Bonchev–Trinajstić information content (AvgIpc) is 3.29. The lowest BCUT2D eigenvalue weighted by atomic mass is 9.60. The van der Waals surface area contributed by atoms with Crippen LogP contribution in [0.4, 0.5) is 0 Å². The molecule has 0 aromatic carbocycles. The number of aliphatic imine (C=N–C) groups is 1. The van der Waals surface area contributed by atoms with Gasteiger partial charge in [0.25, 0.3) is 0 Å². The van der Waals surface area contributed by atoms with Crippen molar-refractivity contribution in [2.45, 2.75) is 88.7 Å². The quantitative estimate of drug-likeness (QED) is 0.616. The minimum absolute atomic E-state index is 0.346. The minimum Gasteiger partial charge on any atom is -0.378 e.